The number of amides is 1. The van der Waals surface area contributed by atoms with Gasteiger partial charge in [0.1, 0.15) is 0 Å². The highest BCUT2D eigenvalue weighted by Crippen LogP contribution is 2.22. The molecular weight excluding hydrogens is 363 g/mol. The second-order valence-electron chi connectivity index (χ2n) is 5.46. The third-order valence-electron chi connectivity index (χ3n) is 3.75. The van der Waals surface area contributed by atoms with E-state index >= 15 is 0 Å². The van der Waals surface area contributed by atoms with E-state index in [1.807, 2.05) is 12.1 Å². The average molecular weight is 381 g/mol. The van der Waals surface area contributed by atoms with Crippen molar-refractivity contribution in [3.05, 3.63) is 63.6 Å². The third-order valence-corrected chi connectivity index (χ3v) is 4.50. The van der Waals surface area contributed by atoms with Crippen molar-refractivity contribution in [2.45, 2.75) is 26.2 Å². The van der Waals surface area contributed by atoms with E-state index < -0.39 is 0 Å². The van der Waals surface area contributed by atoms with Gasteiger partial charge in [-0.25, -0.2) is 0 Å². The SMILES string of the molecule is CC[C@H](C)c1ccc(NC(=S)NC(=O)c2ccc(Cl)cc2Cl)cc1. The topological polar surface area (TPSA) is 41.1 Å². The summed E-state index contributed by atoms with van der Waals surface area (Å²) in [6.45, 7) is 4.34. The number of rotatable bonds is 4. The van der Waals surface area contributed by atoms with Crippen molar-refractivity contribution >= 4 is 52.1 Å². The maximum Gasteiger partial charge on any atom is 0.258 e. The molecular formula is C18H18Cl2N2OS. The molecule has 0 radical (unpaired) electrons. The van der Waals surface area contributed by atoms with E-state index in [0.29, 0.717) is 16.5 Å². The highest BCUT2D eigenvalue weighted by atomic mass is 35.5. The van der Waals surface area contributed by atoms with Crippen LogP contribution in [0.25, 0.3) is 0 Å². The van der Waals surface area contributed by atoms with E-state index in [2.05, 4.69) is 36.6 Å². The van der Waals surface area contributed by atoms with Crippen molar-refractivity contribution in [2.75, 3.05) is 5.32 Å². The molecule has 0 aliphatic rings. The second kappa shape index (κ2) is 8.47. The lowest BCUT2D eigenvalue weighted by molar-refractivity contribution is 0.0978. The summed E-state index contributed by atoms with van der Waals surface area (Å²) in [6, 6.07) is 12.7. The molecule has 0 aliphatic carbocycles. The zero-order valence-corrected chi connectivity index (χ0v) is 15.7. The van der Waals surface area contributed by atoms with Crippen molar-refractivity contribution in [3.8, 4) is 0 Å². The van der Waals surface area contributed by atoms with E-state index in [0.717, 1.165) is 12.1 Å². The van der Waals surface area contributed by atoms with Gasteiger partial charge in [-0.15, -0.1) is 0 Å². The summed E-state index contributed by atoms with van der Waals surface area (Å²) < 4.78 is 0. The summed E-state index contributed by atoms with van der Waals surface area (Å²) in [5.41, 5.74) is 2.40. The Morgan fingerprint density at radius 1 is 1.17 bits per heavy atom. The van der Waals surface area contributed by atoms with Crippen LogP contribution in [0, 0.1) is 0 Å². The van der Waals surface area contributed by atoms with Crippen LogP contribution < -0.4 is 10.6 Å². The molecule has 0 spiro atoms. The van der Waals surface area contributed by atoms with Crippen LogP contribution in [0.5, 0.6) is 0 Å². The number of nitrogens with one attached hydrogen (secondary N) is 2. The van der Waals surface area contributed by atoms with E-state index in [9.17, 15) is 4.79 Å². The fourth-order valence-corrected chi connectivity index (χ4v) is 2.84. The van der Waals surface area contributed by atoms with Crippen molar-refractivity contribution in [1.29, 1.82) is 0 Å². The number of carbonyl (C=O) groups excluding carboxylic acids is 1. The smallest absolute Gasteiger partial charge is 0.258 e. The Kier molecular flexibility index (Phi) is 6.60. The molecule has 2 rings (SSSR count). The number of carbonyl (C=O) groups is 1. The van der Waals surface area contributed by atoms with E-state index in [1.165, 1.54) is 11.6 Å². The first-order chi connectivity index (χ1) is 11.4. The van der Waals surface area contributed by atoms with Gasteiger partial charge in [0.2, 0.25) is 0 Å². The van der Waals surface area contributed by atoms with E-state index in [1.54, 1.807) is 12.1 Å². The van der Waals surface area contributed by atoms with Crippen molar-refractivity contribution in [1.82, 2.24) is 5.32 Å². The van der Waals surface area contributed by atoms with Gasteiger partial charge in [0.05, 0.1) is 10.6 Å². The number of halogens is 2. The fourth-order valence-electron chi connectivity index (χ4n) is 2.14. The zero-order valence-electron chi connectivity index (χ0n) is 13.4. The summed E-state index contributed by atoms with van der Waals surface area (Å²) in [5.74, 6) is 0.128. The molecule has 3 nitrogen and oxygen atoms in total. The Hall–Kier alpha value is -1.62. The van der Waals surface area contributed by atoms with Crippen LogP contribution in [0.4, 0.5) is 5.69 Å². The van der Waals surface area contributed by atoms with Gasteiger partial charge in [0.25, 0.3) is 5.91 Å². The lowest BCUT2D eigenvalue weighted by atomic mass is 9.99. The Morgan fingerprint density at radius 2 is 1.83 bits per heavy atom. The molecule has 2 aromatic rings. The molecule has 0 unspecified atom stereocenters. The first kappa shape index (κ1) is 18.7. The number of anilines is 1. The standard InChI is InChI=1S/C18H18Cl2N2OS/c1-3-11(2)12-4-7-14(8-5-12)21-18(24)22-17(23)15-9-6-13(19)10-16(15)20/h4-11H,3H2,1-2H3,(H2,21,22,23,24)/t11-/m0/s1. The summed E-state index contributed by atoms with van der Waals surface area (Å²) >= 11 is 17.0. The molecule has 0 fully saturated rings. The van der Waals surface area contributed by atoms with Gasteiger partial charge in [-0.2, -0.15) is 0 Å². The van der Waals surface area contributed by atoms with Crippen molar-refractivity contribution < 1.29 is 4.79 Å². The number of thiocarbonyl (C=S) groups is 1. The molecule has 0 saturated carbocycles. The Morgan fingerprint density at radius 3 is 2.42 bits per heavy atom. The predicted octanol–water partition coefficient (Wildman–Crippen LogP) is 5.63. The lowest BCUT2D eigenvalue weighted by Crippen LogP contribution is -2.34. The highest BCUT2D eigenvalue weighted by molar-refractivity contribution is 7.80. The van der Waals surface area contributed by atoms with Crippen LogP contribution in [0.3, 0.4) is 0 Å². The predicted molar refractivity (Wildman–Crippen MR) is 105 cm³/mol. The van der Waals surface area contributed by atoms with Crippen LogP contribution in [0.1, 0.15) is 42.1 Å². The van der Waals surface area contributed by atoms with E-state index in [4.69, 9.17) is 35.4 Å². The normalized spacial score (nSPS) is 11.7. The van der Waals surface area contributed by atoms with Crippen molar-refractivity contribution in [3.63, 3.8) is 0 Å². The molecule has 6 heteroatoms. The Labute approximate surface area is 157 Å². The largest absolute Gasteiger partial charge is 0.332 e. The first-order valence-electron chi connectivity index (χ1n) is 7.58. The minimum absolute atomic E-state index is 0.210. The third kappa shape index (κ3) is 4.94. The van der Waals surface area contributed by atoms with Crippen LogP contribution in [-0.4, -0.2) is 11.0 Å². The molecule has 0 aliphatic heterocycles. The molecule has 0 heterocycles. The molecule has 126 valence electrons. The van der Waals surface area contributed by atoms with Gasteiger partial charge in [-0.3, -0.25) is 10.1 Å². The minimum Gasteiger partial charge on any atom is -0.332 e. The fraction of sp³-hybridized carbons (Fsp3) is 0.222. The Balaban J connectivity index is 1.98. The molecule has 24 heavy (non-hydrogen) atoms. The lowest BCUT2D eigenvalue weighted by Gasteiger charge is -2.12. The molecule has 1 amide bonds. The summed E-state index contributed by atoms with van der Waals surface area (Å²) in [5, 5.41) is 6.56. The Bertz CT molecular complexity index is 747. The minimum atomic E-state index is -0.384. The number of benzene rings is 2. The number of hydrogen-bond acceptors (Lipinski definition) is 2. The van der Waals surface area contributed by atoms with Crippen molar-refractivity contribution in [2.24, 2.45) is 0 Å². The van der Waals surface area contributed by atoms with E-state index in [-0.39, 0.29) is 16.0 Å². The molecule has 2 aromatic carbocycles. The molecule has 0 saturated heterocycles. The van der Waals surface area contributed by atoms with Gasteiger partial charge >= 0.3 is 0 Å². The van der Waals surface area contributed by atoms with Crippen LogP contribution in [0.2, 0.25) is 10.0 Å². The van der Waals surface area contributed by atoms with Gasteiger partial charge in [0.15, 0.2) is 5.11 Å². The van der Waals surface area contributed by atoms with Gasteiger partial charge in [-0.1, -0.05) is 49.2 Å². The number of hydrogen-bond donors (Lipinski definition) is 2. The summed E-state index contributed by atoms with van der Waals surface area (Å²) in [7, 11) is 0. The maximum atomic E-state index is 12.2. The van der Waals surface area contributed by atoms with Crippen LogP contribution >= 0.6 is 35.4 Å². The van der Waals surface area contributed by atoms with Gasteiger partial charge in [0, 0.05) is 10.7 Å². The molecule has 1 atom stereocenters. The quantitative estimate of drug-likeness (QED) is 0.674. The zero-order chi connectivity index (χ0) is 17.7. The molecule has 0 aromatic heterocycles. The summed E-state index contributed by atoms with van der Waals surface area (Å²) in [6.07, 6.45) is 1.09. The van der Waals surface area contributed by atoms with Gasteiger partial charge < -0.3 is 5.32 Å². The summed E-state index contributed by atoms with van der Waals surface area (Å²) in [4.78, 5) is 12.2. The maximum absolute atomic E-state index is 12.2. The van der Waals surface area contributed by atoms with Crippen LogP contribution in [-0.2, 0) is 0 Å². The first-order valence-corrected chi connectivity index (χ1v) is 8.74. The highest BCUT2D eigenvalue weighted by Gasteiger charge is 2.12. The monoisotopic (exact) mass is 380 g/mol. The van der Waals surface area contributed by atoms with Gasteiger partial charge in [-0.05, 0) is 60.5 Å². The average Bonchev–Trinajstić information content (AvgIpc) is 2.54. The molecule has 2 N–H and O–H groups in total. The van der Waals surface area contributed by atoms with Crippen LogP contribution in [0.15, 0.2) is 42.5 Å². The molecule has 0 bridgehead atoms. The second-order valence-corrected chi connectivity index (χ2v) is 6.72.